The molecule has 0 aliphatic carbocycles. The number of halogens is 2. The van der Waals surface area contributed by atoms with E-state index in [-0.39, 0.29) is 0 Å². The molecule has 0 aliphatic rings. The fourth-order valence-corrected chi connectivity index (χ4v) is 4.22. The summed E-state index contributed by atoms with van der Waals surface area (Å²) in [4.78, 5) is 20.4. The highest BCUT2D eigenvalue weighted by Crippen LogP contribution is 2.30. The van der Waals surface area contributed by atoms with E-state index in [1.165, 1.54) is 27.2 Å². The van der Waals surface area contributed by atoms with Crippen LogP contribution >= 0.6 is 11.3 Å². The van der Waals surface area contributed by atoms with E-state index >= 15 is 0 Å². The van der Waals surface area contributed by atoms with Crippen LogP contribution in [-0.4, -0.2) is 37.1 Å². The van der Waals surface area contributed by atoms with Gasteiger partial charge in [-0.15, -0.1) is 0 Å². The molecule has 1 aromatic heterocycles. The van der Waals surface area contributed by atoms with Crippen molar-refractivity contribution in [3.63, 3.8) is 0 Å². The lowest BCUT2D eigenvalue weighted by Gasteiger charge is -2.23. The van der Waals surface area contributed by atoms with Gasteiger partial charge in [-0.2, -0.15) is 0 Å². The lowest BCUT2D eigenvalue weighted by molar-refractivity contribution is -0.894. The minimum absolute atomic E-state index is 0.336. The number of likely N-dealkylation sites (N-methyl/N-ethyl adjacent to an activating group) is 1. The Morgan fingerprint density at radius 2 is 1.82 bits per heavy atom. The zero-order valence-electron chi connectivity index (χ0n) is 16.3. The molecule has 28 heavy (non-hydrogen) atoms. The van der Waals surface area contributed by atoms with E-state index in [2.05, 4.69) is 18.8 Å². The number of aryl methyl sites for hydroxylation is 1. The van der Waals surface area contributed by atoms with E-state index in [1.54, 1.807) is 0 Å². The molecular weight excluding hydrogens is 380 g/mol. The molecule has 148 valence electrons. The summed E-state index contributed by atoms with van der Waals surface area (Å²) >= 11 is 1.36. The Morgan fingerprint density at radius 1 is 1.14 bits per heavy atom. The molecule has 0 atom stereocenters. The molecule has 2 aromatic carbocycles. The zero-order valence-corrected chi connectivity index (χ0v) is 17.1. The van der Waals surface area contributed by atoms with E-state index in [0.717, 1.165) is 41.0 Å². The topological polar surface area (TPSA) is 37.6 Å². The number of amides is 1. The second-order valence-electron chi connectivity index (χ2n) is 6.73. The fraction of sp³-hybridized carbons (Fsp3) is 0.333. The van der Waals surface area contributed by atoms with Gasteiger partial charge in [-0.05, 0) is 50.6 Å². The van der Waals surface area contributed by atoms with Crippen LogP contribution in [0, 0.1) is 18.6 Å². The van der Waals surface area contributed by atoms with Gasteiger partial charge in [0.05, 0.1) is 36.4 Å². The van der Waals surface area contributed by atoms with Crippen molar-refractivity contribution >= 4 is 32.6 Å². The molecule has 1 N–H and O–H groups in total. The van der Waals surface area contributed by atoms with E-state index in [0.29, 0.717) is 18.2 Å². The van der Waals surface area contributed by atoms with Crippen LogP contribution in [0.25, 0.3) is 10.2 Å². The van der Waals surface area contributed by atoms with E-state index < -0.39 is 23.1 Å². The monoisotopic (exact) mass is 404 g/mol. The number of anilines is 1. The summed E-state index contributed by atoms with van der Waals surface area (Å²) < 4.78 is 29.5. The first-order valence-electron chi connectivity index (χ1n) is 9.41. The van der Waals surface area contributed by atoms with E-state index in [4.69, 9.17) is 0 Å². The van der Waals surface area contributed by atoms with Crippen LogP contribution in [0.3, 0.4) is 0 Å². The summed E-state index contributed by atoms with van der Waals surface area (Å²) in [5.41, 5.74) is 1.33. The molecule has 0 saturated heterocycles. The molecule has 0 radical (unpaired) electrons. The number of benzene rings is 2. The summed E-state index contributed by atoms with van der Waals surface area (Å²) in [6.07, 6.45) is 0. The number of hydrogen-bond donors (Lipinski definition) is 1. The van der Waals surface area contributed by atoms with Crippen LogP contribution in [0.5, 0.6) is 0 Å². The number of hydrogen-bond acceptors (Lipinski definition) is 3. The number of thiazole rings is 1. The second-order valence-corrected chi connectivity index (χ2v) is 7.74. The summed E-state index contributed by atoms with van der Waals surface area (Å²) in [6.45, 7) is 8.95. The maximum atomic E-state index is 14.3. The third-order valence-corrected chi connectivity index (χ3v) is 5.92. The molecule has 0 saturated carbocycles. The van der Waals surface area contributed by atoms with Gasteiger partial charge in [0.25, 0.3) is 5.91 Å². The molecule has 0 aliphatic heterocycles. The van der Waals surface area contributed by atoms with Crippen molar-refractivity contribution in [2.24, 2.45) is 0 Å². The number of carbonyl (C=O) groups is 1. The summed E-state index contributed by atoms with van der Waals surface area (Å²) in [5.74, 6) is -2.41. The maximum Gasteiger partial charge on any atom is 0.266 e. The Labute approximate surface area is 167 Å². The fourth-order valence-electron chi connectivity index (χ4n) is 3.13. The number of quaternary nitrogens is 1. The van der Waals surface area contributed by atoms with Crippen molar-refractivity contribution < 1.29 is 18.5 Å². The molecule has 1 amide bonds. The Balaban J connectivity index is 2.01. The van der Waals surface area contributed by atoms with Gasteiger partial charge in [0, 0.05) is 0 Å². The Bertz CT molecular complexity index is 965. The average molecular weight is 405 g/mol. The quantitative estimate of drug-likeness (QED) is 0.655. The van der Waals surface area contributed by atoms with Gasteiger partial charge in [0.2, 0.25) is 0 Å². The highest BCUT2D eigenvalue weighted by Gasteiger charge is 2.27. The number of aromatic nitrogens is 1. The summed E-state index contributed by atoms with van der Waals surface area (Å²) in [7, 11) is 0. The van der Waals surface area contributed by atoms with Gasteiger partial charge in [-0.3, -0.25) is 9.69 Å². The van der Waals surface area contributed by atoms with Crippen molar-refractivity contribution in [1.82, 2.24) is 4.98 Å². The van der Waals surface area contributed by atoms with E-state index in [1.807, 2.05) is 25.1 Å². The largest absolute Gasteiger partial charge is 0.334 e. The summed E-state index contributed by atoms with van der Waals surface area (Å²) in [6, 6.07) is 9.31. The lowest BCUT2D eigenvalue weighted by atomic mass is 10.1. The van der Waals surface area contributed by atoms with Crippen molar-refractivity contribution in [2.45, 2.75) is 20.8 Å². The van der Waals surface area contributed by atoms with Gasteiger partial charge in [-0.1, -0.05) is 23.5 Å². The zero-order chi connectivity index (χ0) is 20.3. The Kier molecular flexibility index (Phi) is 6.36. The minimum atomic E-state index is -0.859. The first kappa shape index (κ1) is 20.4. The predicted molar refractivity (Wildman–Crippen MR) is 109 cm³/mol. The van der Waals surface area contributed by atoms with Crippen LogP contribution in [0.4, 0.5) is 13.9 Å². The number of nitrogens with zero attached hydrogens (tertiary/aromatic N) is 2. The molecule has 0 fully saturated rings. The SMILES string of the molecule is CC[NH+](CC)CCN(C(=O)c1c(F)cccc1F)c1nc2ccc(C)cc2s1. The Hall–Kier alpha value is -2.38. The van der Waals surface area contributed by atoms with E-state index in [9.17, 15) is 13.6 Å². The van der Waals surface area contributed by atoms with Crippen LogP contribution in [0.1, 0.15) is 29.8 Å². The molecule has 0 spiro atoms. The van der Waals surface area contributed by atoms with Crippen molar-refractivity contribution in [3.8, 4) is 0 Å². The third kappa shape index (κ3) is 4.20. The number of carbonyl (C=O) groups excluding carboxylic acids is 1. The maximum absolute atomic E-state index is 14.3. The van der Waals surface area contributed by atoms with Gasteiger partial charge >= 0.3 is 0 Å². The highest BCUT2D eigenvalue weighted by molar-refractivity contribution is 7.22. The molecule has 3 aromatic rings. The van der Waals surface area contributed by atoms with Crippen LogP contribution in [-0.2, 0) is 0 Å². The minimum Gasteiger partial charge on any atom is -0.334 e. The first-order chi connectivity index (χ1) is 13.4. The normalized spacial score (nSPS) is 11.4. The molecule has 7 heteroatoms. The molecule has 1 heterocycles. The van der Waals surface area contributed by atoms with Gasteiger partial charge in [0.1, 0.15) is 17.2 Å². The molecule has 0 bridgehead atoms. The molecule has 4 nitrogen and oxygen atoms in total. The van der Waals surface area contributed by atoms with Gasteiger partial charge < -0.3 is 4.90 Å². The molecular formula is C21H24F2N3OS+. The highest BCUT2D eigenvalue weighted by atomic mass is 32.1. The van der Waals surface area contributed by atoms with Crippen molar-refractivity contribution in [3.05, 3.63) is 59.2 Å². The first-order valence-corrected chi connectivity index (χ1v) is 10.2. The molecule has 0 unspecified atom stereocenters. The Morgan fingerprint density at radius 3 is 2.46 bits per heavy atom. The van der Waals surface area contributed by atoms with Crippen LogP contribution in [0.2, 0.25) is 0 Å². The van der Waals surface area contributed by atoms with Crippen molar-refractivity contribution in [1.29, 1.82) is 0 Å². The smallest absolute Gasteiger partial charge is 0.266 e. The standard InChI is InChI=1S/C21H23F2N3OS/c1-4-25(5-2)11-12-26(20(27)19-15(22)7-6-8-16(19)23)21-24-17-10-9-14(3)13-18(17)28-21/h6-10,13H,4-5,11-12H2,1-3H3/p+1. The van der Waals surface area contributed by atoms with Gasteiger partial charge in [0.15, 0.2) is 5.13 Å². The molecule has 3 rings (SSSR count). The lowest BCUT2D eigenvalue weighted by Crippen LogP contribution is -3.12. The number of rotatable bonds is 7. The van der Waals surface area contributed by atoms with Crippen LogP contribution in [0.15, 0.2) is 36.4 Å². The predicted octanol–water partition coefficient (Wildman–Crippen LogP) is 3.45. The van der Waals surface area contributed by atoms with Gasteiger partial charge in [-0.25, -0.2) is 13.8 Å². The van der Waals surface area contributed by atoms with Crippen molar-refractivity contribution in [2.75, 3.05) is 31.1 Å². The van der Waals surface area contributed by atoms with Crippen LogP contribution < -0.4 is 9.80 Å². The summed E-state index contributed by atoms with van der Waals surface area (Å²) in [5, 5.41) is 0.458. The average Bonchev–Trinajstić information content (AvgIpc) is 3.07. The number of nitrogens with one attached hydrogen (secondary N) is 1. The second kappa shape index (κ2) is 8.75. The third-order valence-electron chi connectivity index (χ3n) is 4.87. The number of fused-ring (bicyclic) bond motifs is 1.